The molecular formula is C14H19N3O2. The zero-order valence-corrected chi connectivity index (χ0v) is 11.8. The van der Waals surface area contributed by atoms with E-state index in [0.29, 0.717) is 13.2 Å². The highest BCUT2D eigenvalue weighted by Gasteiger charge is 2.11. The second kappa shape index (κ2) is 6.76. The lowest BCUT2D eigenvalue weighted by Crippen LogP contribution is -2.27. The molecule has 1 rings (SSSR count). The first-order valence-electron chi connectivity index (χ1n) is 6.03. The Morgan fingerprint density at radius 1 is 1.58 bits per heavy atom. The molecule has 102 valence electrons. The zero-order valence-electron chi connectivity index (χ0n) is 11.8. The summed E-state index contributed by atoms with van der Waals surface area (Å²) >= 11 is 0. The number of rotatable bonds is 5. The number of aromatic nitrogens is 1. The maximum Gasteiger partial charge on any atom is 0.262 e. The third-order valence-corrected chi connectivity index (χ3v) is 3.07. The molecule has 0 radical (unpaired) electrons. The van der Waals surface area contributed by atoms with Crippen molar-refractivity contribution in [3.63, 3.8) is 0 Å². The fourth-order valence-electron chi connectivity index (χ4n) is 1.70. The summed E-state index contributed by atoms with van der Waals surface area (Å²) in [7, 11) is 3.51. The molecule has 0 saturated heterocycles. The molecule has 0 spiro atoms. The van der Waals surface area contributed by atoms with Crippen molar-refractivity contribution in [3.8, 4) is 6.07 Å². The Morgan fingerprint density at radius 2 is 2.26 bits per heavy atom. The Bertz CT molecular complexity index is 536. The summed E-state index contributed by atoms with van der Waals surface area (Å²) in [5, 5.41) is 11.7. The van der Waals surface area contributed by atoms with Gasteiger partial charge in [-0.2, -0.15) is 5.26 Å². The molecule has 1 heterocycles. The standard InChI is InChI=1S/C14H19N3O2/c1-10-7-12(11(2)17(10)3)8-13(9-15)14(18)16-5-6-19-4/h7-8H,5-6H2,1-4H3,(H,16,18). The molecule has 0 aromatic carbocycles. The lowest BCUT2D eigenvalue weighted by Gasteiger charge is -2.03. The van der Waals surface area contributed by atoms with E-state index in [1.54, 1.807) is 13.2 Å². The van der Waals surface area contributed by atoms with Gasteiger partial charge in [0.15, 0.2) is 0 Å². The number of carbonyl (C=O) groups excluding carboxylic acids is 1. The Kier molecular flexibility index (Phi) is 5.34. The molecule has 1 amide bonds. The summed E-state index contributed by atoms with van der Waals surface area (Å²) < 4.78 is 6.86. The van der Waals surface area contributed by atoms with Gasteiger partial charge >= 0.3 is 0 Å². The first-order valence-corrected chi connectivity index (χ1v) is 6.03. The van der Waals surface area contributed by atoms with Gasteiger partial charge in [0.25, 0.3) is 5.91 Å². The van der Waals surface area contributed by atoms with E-state index in [2.05, 4.69) is 5.32 Å². The molecule has 0 bridgehead atoms. The van der Waals surface area contributed by atoms with Crippen molar-refractivity contribution in [2.45, 2.75) is 13.8 Å². The largest absolute Gasteiger partial charge is 0.383 e. The van der Waals surface area contributed by atoms with Gasteiger partial charge in [-0.25, -0.2) is 0 Å². The number of amides is 1. The first kappa shape index (κ1) is 15.0. The fraction of sp³-hybridized carbons (Fsp3) is 0.429. The Balaban J connectivity index is 2.90. The van der Waals surface area contributed by atoms with Crippen molar-refractivity contribution < 1.29 is 9.53 Å². The number of nitriles is 1. The van der Waals surface area contributed by atoms with Crippen molar-refractivity contribution >= 4 is 12.0 Å². The van der Waals surface area contributed by atoms with Crippen molar-refractivity contribution in [3.05, 3.63) is 28.6 Å². The molecule has 1 N–H and O–H groups in total. The number of methoxy groups -OCH3 is 1. The molecule has 0 aliphatic carbocycles. The molecule has 19 heavy (non-hydrogen) atoms. The van der Waals surface area contributed by atoms with Crippen LogP contribution >= 0.6 is 0 Å². The Morgan fingerprint density at radius 3 is 2.74 bits per heavy atom. The Labute approximate surface area is 113 Å². The Hall–Kier alpha value is -2.06. The zero-order chi connectivity index (χ0) is 14.4. The number of hydrogen-bond acceptors (Lipinski definition) is 3. The molecule has 5 nitrogen and oxygen atoms in total. The third-order valence-electron chi connectivity index (χ3n) is 3.07. The number of nitrogens with zero attached hydrogens (tertiary/aromatic N) is 2. The summed E-state index contributed by atoms with van der Waals surface area (Å²) in [4.78, 5) is 11.8. The van der Waals surface area contributed by atoms with Gasteiger partial charge < -0.3 is 14.6 Å². The smallest absolute Gasteiger partial charge is 0.262 e. The van der Waals surface area contributed by atoms with Crippen LogP contribution in [0.2, 0.25) is 0 Å². The molecule has 0 unspecified atom stereocenters. The van der Waals surface area contributed by atoms with Crippen molar-refractivity contribution in [1.82, 2.24) is 9.88 Å². The molecule has 0 aliphatic heterocycles. The van der Waals surface area contributed by atoms with Gasteiger partial charge in [0.05, 0.1) is 6.61 Å². The highest BCUT2D eigenvalue weighted by molar-refractivity contribution is 6.01. The minimum Gasteiger partial charge on any atom is -0.383 e. The van der Waals surface area contributed by atoms with Crippen molar-refractivity contribution in [1.29, 1.82) is 5.26 Å². The van der Waals surface area contributed by atoms with E-state index in [4.69, 9.17) is 10.00 Å². The van der Waals surface area contributed by atoms with Crippen LogP contribution in [0.3, 0.4) is 0 Å². The maximum atomic E-state index is 11.8. The van der Waals surface area contributed by atoms with Crippen LogP contribution in [0.1, 0.15) is 17.0 Å². The van der Waals surface area contributed by atoms with E-state index < -0.39 is 0 Å². The summed E-state index contributed by atoms with van der Waals surface area (Å²) in [5.74, 6) is -0.375. The number of carbonyl (C=O) groups is 1. The van der Waals surface area contributed by atoms with Gasteiger partial charge in [-0.15, -0.1) is 0 Å². The van der Waals surface area contributed by atoms with Crippen LogP contribution in [0, 0.1) is 25.2 Å². The molecule has 0 aliphatic rings. The number of hydrogen-bond donors (Lipinski definition) is 1. The second-order valence-electron chi connectivity index (χ2n) is 4.30. The predicted octanol–water partition coefficient (Wildman–Crippen LogP) is 1.31. The molecule has 5 heteroatoms. The van der Waals surface area contributed by atoms with Gasteiger partial charge in [-0.05, 0) is 31.6 Å². The highest BCUT2D eigenvalue weighted by Crippen LogP contribution is 2.16. The van der Waals surface area contributed by atoms with E-state index >= 15 is 0 Å². The van der Waals surface area contributed by atoms with Gasteiger partial charge in [0.1, 0.15) is 11.6 Å². The summed E-state index contributed by atoms with van der Waals surface area (Å²) in [6, 6.07) is 3.89. The van der Waals surface area contributed by atoms with E-state index in [9.17, 15) is 4.79 Å². The molecule has 1 aromatic heterocycles. The minimum absolute atomic E-state index is 0.102. The lowest BCUT2D eigenvalue weighted by molar-refractivity contribution is -0.117. The van der Waals surface area contributed by atoms with Crippen LogP contribution < -0.4 is 5.32 Å². The fourth-order valence-corrected chi connectivity index (χ4v) is 1.70. The van der Waals surface area contributed by atoms with Gasteiger partial charge in [-0.3, -0.25) is 4.79 Å². The highest BCUT2D eigenvalue weighted by atomic mass is 16.5. The van der Waals surface area contributed by atoms with E-state index in [0.717, 1.165) is 17.0 Å². The predicted molar refractivity (Wildman–Crippen MR) is 73.4 cm³/mol. The second-order valence-corrected chi connectivity index (χ2v) is 4.30. The topological polar surface area (TPSA) is 67.0 Å². The quantitative estimate of drug-likeness (QED) is 0.493. The minimum atomic E-state index is -0.375. The number of nitrogens with one attached hydrogen (secondary N) is 1. The van der Waals surface area contributed by atoms with Crippen LogP contribution in [-0.2, 0) is 16.6 Å². The summed E-state index contributed by atoms with van der Waals surface area (Å²) in [6.45, 7) is 4.75. The van der Waals surface area contributed by atoms with E-state index in [1.165, 1.54) is 0 Å². The number of ether oxygens (including phenoxy) is 1. The normalized spacial score (nSPS) is 11.2. The molecule has 0 saturated carbocycles. The summed E-state index contributed by atoms with van der Waals surface area (Å²) in [5.41, 5.74) is 3.10. The van der Waals surface area contributed by atoms with E-state index in [-0.39, 0.29) is 11.5 Å². The van der Waals surface area contributed by atoms with Gasteiger partial charge in [-0.1, -0.05) is 0 Å². The lowest BCUT2D eigenvalue weighted by atomic mass is 10.1. The average Bonchev–Trinajstić information content (AvgIpc) is 2.63. The molecular weight excluding hydrogens is 242 g/mol. The first-order chi connectivity index (χ1) is 9.01. The molecule has 0 atom stereocenters. The van der Waals surface area contributed by atoms with Crippen LogP contribution in [0.4, 0.5) is 0 Å². The summed E-state index contributed by atoms with van der Waals surface area (Å²) in [6.07, 6.45) is 1.62. The van der Waals surface area contributed by atoms with Gasteiger partial charge in [0, 0.05) is 32.1 Å². The van der Waals surface area contributed by atoms with Gasteiger partial charge in [0.2, 0.25) is 0 Å². The van der Waals surface area contributed by atoms with Crippen LogP contribution in [0.5, 0.6) is 0 Å². The van der Waals surface area contributed by atoms with Crippen LogP contribution in [0.15, 0.2) is 11.6 Å². The molecule has 1 aromatic rings. The SMILES string of the molecule is COCCNC(=O)C(C#N)=Cc1cc(C)n(C)c1C. The van der Waals surface area contributed by atoms with E-state index in [1.807, 2.05) is 37.6 Å². The molecule has 0 fully saturated rings. The van der Waals surface area contributed by atoms with Crippen molar-refractivity contribution in [2.24, 2.45) is 7.05 Å². The van der Waals surface area contributed by atoms with Crippen LogP contribution in [0.25, 0.3) is 6.08 Å². The number of aryl methyl sites for hydroxylation is 1. The average molecular weight is 261 g/mol. The third kappa shape index (κ3) is 3.70. The maximum absolute atomic E-state index is 11.8. The van der Waals surface area contributed by atoms with Crippen LogP contribution in [-0.4, -0.2) is 30.7 Å². The van der Waals surface area contributed by atoms with Crippen molar-refractivity contribution in [2.75, 3.05) is 20.3 Å². The monoisotopic (exact) mass is 261 g/mol.